The SMILES string of the molecule is C=CC[C@H](NC(=O)[C@H](Cc1ccccc1)NC(=O)OCc1ccccc1)C(=O)O. The Kier molecular flexibility index (Phi) is 8.44. The fourth-order valence-electron chi connectivity index (χ4n) is 2.63. The molecular weight excluding hydrogens is 372 g/mol. The number of alkyl carbamates (subject to hydrolysis) is 1. The van der Waals surface area contributed by atoms with Crippen molar-refractivity contribution in [3.8, 4) is 0 Å². The number of rotatable bonds is 10. The number of amides is 2. The van der Waals surface area contributed by atoms with Crippen molar-refractivity contribution in [3.63, 3.8) is 0 Å². The van der Waals surface area contributed by atoms with E-state index in [9.17, 15) is 19.5 Å². The van der Waals surface area contributed by atoms with Crippen LogP contribution >= 0.6 is 0 Å². The maximum Gasteiger partial charge on any atom is 0.408 e. The number of aliphatic carboxylic acids is 1. The highest BCUT2D eigenvalue weighted by Gasteiger charge is 2.26. The summed E-state index contributed by atoms with van der Waals surface area (Å²) in [6, 6.07) is 16.1. The van der Waals surface area contributed by atoms with Crippen molar-refractivity contribution >= 4 is 18.0 Å². The molecule has 0 spiro atoms. The van der Waals surface area contributed by atoms with Crippen LogP contribution in [0.3, 0.4) is 0 Å². The fourth-order valence-corrected chi connectivity index (χ4v) is 2.63. The first-order valence-electron chi connectivity index (χ1n) is 9.14. The number of nitrogens with one attached hydrogen (secondary N) is 2. The zero-order chi connectivity index (χ0) is 21.1. The highest BCUT2D eigenvalue weighted by molar-refractivity contribution is 5.89. The van der Waals surface area contributed by atoms with E-state index >= 15 is 0 Å². The minimum atomic E-state index is -1.18. The lowest BCUT2D eigenvalue weighted by atomic mass is 10.0. The molecule has 2 amide bonds. The molecule has 0 saturated carbocycles. The monoisotopic (exact) mass is 396 g/mol. The van der Waals surface area contributed by atoms with E-state index < -0.39 is 30.1 Å². The van der Waals surface area contributed by atoms with Gasteiger partial charge in [-0.25, -0.2) is 9.59 Å². The van der Waals surface area contributed by atoms with Crippen LogP contribution in [0.25, 0.3) is 0 Å². The molecule has 0 heterocycles. The van der Waals surface area contributed by atoms with Gasteiger partial charge in [0.1, 0.15) is 18.7 Å². The number of ether oxygens (including phenoxy) is 1. The van der Waals surface area contributed by atoms with E-state index in [0.29, 0.717) is 0 Å². The van der Waals surface area contributed by atoms with Gasteiger partial charge in [0.15, 0.2) is 0 Å². The van der Waals surface area contributed by atoms with Gasteiger partial charge >= 0.3 is 12.1 Å². The molecule has 7 heteroatoms. The average molecular weight is 396 g/mol. The van der Waals surface area contributed by atoms with Gasteiger partial charge < -0.3 is 20.5 Å². The van der Waals surface area contributed by atoms with E-state index in [4.69, 9.17) is 4.74 Å². The van der Waals surface area contributed by atoms with Gasteiger partial charge in [0.2, 0.25) is 5.91 Å². The molecule has 0 fully saturated rings. The highest BCUT2D eigenvalue weighted by atomic mass is 16.5. The van der Waals surface area contributed by atoms with Gasteiger partial charge in [-0.15, -0.1) is 6.58 Å². The standard InChI is InChI=1S/C22H24N2O5/c1-2-9-18(21(26)27)23-20(25)19(14-16-10-5-3-6-11-16)24-22(28)29-15-17-12-7-4-8-13-17/h2-8,10-13,18-19H,1,9,14-15H2,(H,23,25)(H,24,28)(H,26,27)/t18-,19-/m0/s1. The second-order valence-electron chi connectivity index (χ2n) is 6.37. The zero-order valence-corrected chi connectivity index (χ0v) is 15.9. The van der Waals surface area contributed by atoms with Crippen molar-refractivity contribution in [2.45, 2.75) is 31.5 Å². The summed E-state index contributed by atoms with van der Waals surface area (Å²) >= 11 is 0. The third kappa shape index (κ3) is 7.50. The third-order valence-electron chi connectivity index (χ3n) is 4.12. The lowest BCUT2D eigenvalue weighted by molar-refractivity contribution is -0.142. The van der Waals surface area contributed by atoms with Crippen LogP contribution < -0.4 is 10.6 Å². The molecule has 2 rings (SSSR count). The maximum absolute atomic E-state index is 12.7. The van der Waals surface area contributed by atoms with Crippen molar-refractivity contribution < 1.29 is 24.2 Å². The molecule has 0 aliphatic carbocycles. The van der Waals surface area contributed by atoms with Crippen molar-refractivity contribution in [3.05, 3.63) is 84.4 Å². The number of hydrogen-bond donors (Lipinski definition) is 3. The predicted octanol–water partition coefficient (Wildman–Crippen LogP) is 2.67. The number of carbonyl (C=O) groups excluding carboxylic acids is 2. The van der Waals surface area contributed by atoms with Gasteiger partial charge in [-0.05, 0) is 17.5 Å². The quantitative estimate of drug-likeness (QED) is 0.536. The number of benzene rings is 2. The minimum Gasteiger partial charge on any atom is -0.480 e. The molecule has 29 heavy (non-hydrogen) atoms. The summed E-state index contributed by atoms with van der Waals surface area (Å²) in [6.07, 6.45) is 0.901. The Morgan fingerprint density at radius 2 is 1.52 bits per heavy atom. The van der Waals surface area contributed by atoms with Crippen LogP contribution in [-0.4, -0.2) is 35.2 Å². The Bertz CT molecular complexity index is 824. The van der Waals surface area contributed by atoms with Crippen molar-refractivity contribution in [2.24, 2.45) is 0 Å². The van der Waals surface area contributed by atoms with Crippen molar-refractivity contribution in [2.75, 3.05) is 0 Å². The van der Waals surface area contributed by atoms with E-state index in [1.807, 2.05) is 60.7 Å². The molecule has 0 aromatic heterocycles. The van der Waals surface area contributed by atoms with Crippen molar-refractivity contribution in [1.29, 1.82) is 0 Å². The predicted molar refractivity (Wildman–Crippen MR) is 108 cm³/mol. The summed E-state index contributed by atoms with van der Waals surface area (Å²) < 4.78 is 5.18. The normalized spacial score (nSPS) is 12.3. The molecule has 0 saturated heterocycles. The summed E-state index contributed by atoms with van der Waals surface area (Å²) in [6.45, 7) is 3.56. The van der Waals surface area contributed by atoms with Crippen molar-refractivity contribution in [1.82, 2.24) is 10.6 Å². The van der Waals surface area contributed by atoms with Gasteiger partial charge in [0.25, 0.3) is 0 Å². The molecule has 2 aromatic rings. The molecule has 0 aliphatic rings. The summed E-state index contributed by atoms with van der Waals surface area (Å²) in [7, 11) is 0. The largest absolute Gasteiger partial charge is 0.480 e. The van der Waals surface area contributed by atoms with E-state index in [1.54, 1.807) is 0 Å². The van der Waals surface area contributed by atoms with Crippen LogP contribution in [-0.2, 0) is 27.4 Å². The molecule has 0 aliphatic heterocycles. The molecule has 0 unspecified atom stereocenters. The summed E-state index contributed by atoms with van der Waals surface area (Å²) in [5.74, 6) is -1.79. The first-order valence-corrected chi connectivity index (χ1v) is 9.14. The van der Waals surface area contributed by atoms with Crippen LogP contribution in [0.2, 0.25) is 0 Å². The Morgan fingerprint density at radius 1 is 0.931 bits per heavy atom. The van der Waals surface area contributed by atoms with Crippen LogP contribution in [0, 0.1) is 0 Å². The minimum absolute atomic E-state index is 0.0561. The average Bonchev–Trinajstić information content (AvgIpc) is 2.73. The van der Waals surface area contributed by atoms with Gasteiger partial charge in [0.05, 0.1) is 0 Å². The smallest absolute Gasteiger partial charge is 0.408 e. The van der Waals surface area contributed by atoms with Gasteiger partial charge in [0, 0.05) is 6.42 Å². The molecule has 3 N–H and O–H groups in total. The molecule has 0 radical (unpaired) electrons. The summed E-state index contributed by atoms with van der Waals surface area (Å²) in [5.41, 5.74) is 1.62. The second-order valence-corrected chi connectivity index (χ2v) is 6.37. The molecule has 7 nitrogen and oxygen atoms in total. The maximum atomic E-state index is 12.7. The fraction of sp³-hybridized carbons (Fsp3) is 0.227. The van der Waals surface area contributed by atoms with Crippen LogP contribution in [0.5, 0.6) is 0 Å². The van der Waals surface area contributed by atoms with E-state index in [1.165, 1.54) is 6.08 Å². The lowest BCUT2D eigenvalue weighted by Gasteiger charge is -2.21. The Labute approximate surface area is 169 Å². The first kappa shape index (κ1) is 21.7. The Balaban J connectivity index is 2.05. The van der Waals surface area contributed by atoms with Gasteiger partial charge in [-0.2, -0.15) is 0 Å². The molecule has 0 bridgehead atoms. The number of carboxylic acids is 1. The Morgan fingerprint density at radius 3 is 2.07 bits per heavy atom. The second kappa shape index (κ2) is 11.3. The number of hydrogen-bond acceptors (Lipinski definition) is 4. The highest BCUT2D eigenvalue weighted by Crippen LogP contribution is 2.06. The topological polar surface area (TPSA) is 105 Å². The molecule has 2 atom stereocenters. The van der Waals surface area contributed by atoms with E-state index in [-0.39, 0.29) is 19.4 Å². The summed E-state index contributed by atoms with van der Waals surface area (Å²) in [4.78, 5) is 36.2. The van der Waals surface area contributed by atoms with Gasteiger partial charge in [-0.3, -0.25) is 4.79 Å². The van der Waals surface area contributed by atoms with E-state index in [2.05, 4.69) is 17.2 Å². The lowest BCUT2D eigenvalue weighted by Crippen LogP contribution is -2.52. The third-order valence-corrected chi connectivity index (χ3v) is 4.12. The molecule has 2 aromatic carbocycles. The number of carboxylic acid groups (broad SMARTS) is 1. The zero-order valence-electron chi connectivity index (χ0n) is 15.9. The van der Waals surface area contributed by atoms with E-state index in [0.717, 1.165) is 11.1 Å². The van der Waals surface area contributed by atoms with Gasteiger partial charge in [-0.1, -0.05) is 66.7 Å². The van der Waals surface area contributed by atoms with Crippen LogP contribution in [0.15, 0.2) is 73.3 Å². The first-order chi connectivity index (χ1) is 14.0. The molecular formula is C22H24N2O5. The summed E-state index contributed by atoms with van der Waals surface area (Å²) in [5, 5.41) is 14.2. The van der Waals surface area contributed by atoms with Crippen LogP contribution in [0.1, 0.15) is 17.5 Å². The Hall–Kier alpha value is -3.61. The van der Waals surface area contributed by atoms with Crippen LogP contribution in [0.4, 0.5) is 4.79 Å². The number of carbonyl (C=O) groups is 3. The molecule has 152 valence electrons.